The number of amides is 1. The average Bonchev–Trinajstić information content (AvgIpc) is 2.68. The van der Waals surface area contributed by atoms with Crippen LogP contribution in [0.2, 0.25) is 0 Å². The Balaban J connectivity index is 1.82. The van der Waals surface area contributed by atoms with Gasteiger partial charge in [0.15, 0.2) is 0 Å². The molecule has 2 fully saturated rings. The molecule has 1 N–H and O–H groups in total. The predicted octanol–water partition coefficient (Wildman–Crippen LogP) is 2.07. The van der Waals surface area contributed by atoms with E-state index < -0.39 is 10.0 Å². The van der Waals surface area contributed by atoms with Gasteiger partial charge in [-0.15, -0.1) is 0 Å². The quantitative estimate of drug-likeness (QED) is 0.870. The minimum absolute atomic E-state index is 0.00511. The van der Waals surface area contributed by atoms with Crippen molar-refractivity contribution in [1.82, 2.24) is 14.5 Å². The standard InChI is InChI=1S/C19H29N3O3S/c1-15-6-3-4-13-22(15)26(24,25)18-8-5-7-16(14-18)19(23)21(2)17-9-11-20-12-10-17/h5,7-8,14-15,17,20H,3-4,6,9-13H2,1-2H3. The predicted molar refractivity (Wildman–Crippen MR) is 102 cm³/mol. The zero-order chi connectivity index (χ0) is 18.7. The summed E-state index contributed by atoms with van der Waals surface area (Å²) in [6.07, 6.45) is 4.68. The van der Waals surface area contributed by atoms with E-state index in [-0.39, 0.29) is 22.9 Å². The summed E-state index contributed by atoms with van der Waals surface area (Å²) >= 11 is 0. The summed E-state index contributed by atoms with van der Waals surface area (Å²) in [4.78, 5) is 14.8. The number of rotatable bonds is 4. The molecule has 0 spiro atoms. The molecule has 1 aromatic rings. The van der Waals surface area contributed by atoms with Crippen LogP contribution in [0.3, 0.4) is 0 Å². The van der Waals surface area contributed by atoms with Crippen LogP contribution in [0.25, 0.3) is 0 Å². The van der Waals surface area contributed by atoms with Crippen LogP contribution in [0.4, 0.5) is 0 Å². The van der Waals surface area contributed by atoms with Crippen molar-refractivity contribution in [3.63, 3.8) is 0 Å². The number of hydrogen-bond acceptors (Lipinski definition) is 4. The highest BCUT2D eigenvalue weighted by molar-refractivity contribution is 7.89. The zero-order valence-corrected chi connectivity index (χ0v) is 16.5. The van der Waals surface area contributed by atoms with Gasteiger partial charge in [0.25, 0.3) is 5.91 Å². The van der Waals surface area contributed by atoms with Gasteiger partial charge in [-0.3, -0.25) is 4.79 Å². The highest BCUT2D eigenvalue weighted by Gasteiger charge is 2.31. The lowest BCUT2D eigenvalue weighted by Gasteiger charge is -2.33. The number of carbonyl (C=O) groups excluding carboxylic acids is 1. The summed E-state index contributed by atoms with van der Waals surface area (Å²) in [5.74, 6) is -0.111. The SMILES string of the molecule is CC1CCCCN1S(=O)(=O)c1cccc(C(=O)N(C)C2CCNCC2)c1. The normalized spacial score (nSPS) is 22.9. The van der Waals surface area contributed by atoms with Gasteiger partial charge in [-0.1, -0.05) is 12.5 Å². The molecular formula is C19H29N3O3S. The fourth-order valence-corrected chi connectivity index (χ4v) is 5.66. The second-order valence-electron chi connectivity index (χ2n) is 7.39. The third-order valence-corrected chi connectivity index (χ3v) is 7.62. The van der Waals surface area contributed by atoms with Crippen LogP contribution in [0.15, 0.2) is 29.2 Å². The molecular weight excluding hydrogens is 350 g/mol. The fourth-order valence-electron chi connectivity index (χ4n) is 3.92. The lowest BCUT2D eigenvalue weighted by molar-refractivity contribution is 0.0703. The van der Waals surface area contributed by atoms with E-state index in [0.29, 0.717) is 12.1 Å². The van der Waals surface area contributed by atoms with E-state index in [4.69, 9.17) is 0 Å². The van der Waals surface area contributed by atoms with Crippen LogP contribution in [-0.4, -0.2) is 62.3 Å². The number of sulfonamides is 1. The molecule has 0 aromatic heterocycles. The Morgan fingerprint density at radius 1 is 1.19 bits per heavy atom. The van der Waals surface area contributed by atoms with Gasteiger partial charge >= 0.3 is 0 Å². The van der Waals surface area contributed by atoms with E-state index >= 15 is 0 Å². The van der Waals surface area contributed by atoms with E-state index in [1.807, 2.05) is 14.0 Å². The van der Waals surface area contributed by atoms with Gasteiger partial charge in [-0.05, 0) is 63.9 Å². The van der Waals surface area contributed by atoms with Crippen molar-refractivity contribution < 1.29 is 13.2 Å². The molecule has 2 aliphatic rings. The molecule has 2 heterocycles. The van der Waals surface area contributed by atoms with E-state index in [0.717, 1.165) is 45.2 Å². The molecule has 7 heteroatoms. The van der Waals surface area contributed by atoms with Crippen molar-refractivity contribution in [2.75, 3.05) is 26.7 Å². The Kier molecular flexibility index (Phi) is 5.99. The van der Waals surface area contributed by atoms with E-state index in [1.165, 1.54) is 6.07 Å². The molecule has 1 unspecified atom stereocenters. The molecule has 1 aromatic carbocycles. The molecule has 26 heavy (non-hydrogen) atoms. The van der Waals surface area contributed by atoms with Gasteiger partial charge in [0.1, 0.15) is 0 Å². The Labute approximate surface area is 156 Å². The van der Waals surface area contributed by atoms with Crippen molar-refractivity contribution in [3.05, 3.63) is 29.8 Å². The monoisotopic (exact) mass is 379 g/mol. The summed E-state index contributed by atoms with van der Waals surface area (Å²) in [6.45, 7) is 4.32. The molecule has 0 bridgehead atoms. The van der Waals surface area contributed by atoms with Crippen molar-refractivity contribution in [3.8, 4) is 0 Å². The van der Waals surface area contributed by atoms with Crippen LogP contribution in [0.5, 0.6) is 0 Å². The number of nitrogens with zero attached hydrogens (tertiary/aromatic N) is 2. The number of carbonyl (C=O) groups is 1. The van der Waals surface area contributed by atoms with Crippen LogP contribution in [-0.2, 0) is 10.0 Å². The maximum atomic E-state index is 13.0. The molecule has 144 valence electrons. The maximum Gasteiger partial charge on any atom is 0.253 e. The summed E-state index contributed by atoms with van der Waals surface area (Å²) < 4.78 is 27.7. The summed E-state index contributed by atoms with van der Waals surface area (Å²) in [7, 11) is -1.75. The largest absolute Gasteiger partial charge is 0.339 e. The van der Waals surface area contributed by atoms with Crippen LogP contribution in [0.1, 0.15) is 49.4 Å². The summed E-state index contributed by atoms with van der Waals surface area (Å²) in [6, 6.07) is 6.72. The van der Waals surface area contributed by atoms with E-state index in [9.17, 15) is 13.2 Å². The lowest BCUT2D eigenvalue weighted by Crippen LogP contribution is -2.44. The maximum absolute atomic E-state index is 13.0. The third kappa shape index (κ3) is 3.94. The molecule has 6 nitrogen and oxygen atoms in total. The Morgan fingerprint density at radius 3 is 2.62 bits per heavy atom. The van der Waals surface area contributed by atoms with Crippen molar-refractivity contribution in [2.24, 2.45) is 0 Å². The Hall–Kier alpha value is -1.44. The molecule has 1 atom stereocenters. The highest BCUT2D eigenvalue weighted by atomic mass is 32.2. The van der Waals surface area contributed by atoms with Gasteiger partial charge < -0.3 is 10.2 Å². The van der Waals surface area contributed by atoms with Gasteiger partial charge in [0, 0.05) is 31.2 Å². The molecule has 1 amide bonds. The van der Waals surface area contributed by atoms with Crippen molar-refractivity contribution in [2.45, 2.75) is 56.0 Å². The lowest BCUT2D eigenvalue weighted by atomic mass is 10.0. The molecule has 2 aliphatic heterocycles. The Bertz CT molecular complexity index is 744. The topological polar surface area (TPSA) is 69.7 Å². The first-order valence-electron chi connectivity index (χ1n) is 9.51. The smallest absolute Gasteiger partial charge is 0.253 e. The van der Waals surface area contributed by atoms with Gasteiger partial charge in [0.05, 0.1) is 4.90 Å². The second kappa shape index (κ2) is 8.06. The zero-order valence-electron chi connectivity index (χ0n) is 15.6. The van der Waals surface area contributed by atoms with E-state index in [1.54, 1.807) is 27.4 Å². The van der Waals surface area contributed by atoms with Gasteiger partial charge in [0.2, 0.25) is 10.0 Å². The molecule has 3 rings (SSSR count). The van der Waals surface area contributed by atoms with Crippen molar-refractivity contribution >= 4 is 15.9 Å². The number of benzene rings is 1. The van der Waals surface area contributed by atoms with Gasteiger partial charge in [-0.2, -0.15) is 4.31 Å². The minimum Gasteiger partial charge on any atom is -0.339 e. The summed E-state index contributed by atoms with van der Waals surface area (Å²) in [5.41, 5.74) is 0.441. The second-order valence-corrected chi connectivity index (χ2v) is 9.28. The van der Waals surface area contributed by atoms with Crippen LogP contribution in [0, 0.1) is 0 Å². The molecule has 2 saturated heterocycles. The molecule has 0 saturated carbocycles. The number of nitrogens with one attached hydrogen (secondary N) is 1. The number of hydrogen-bond donors (Lipinski definition) is 1. The molecule has 0 aliphatic carbocycles. The highest BCUT2D eigenvalue weighted by Crippen LogP contribution is 2.26. The minimum atomic E-state index is -3.57. The Morgan fingerprint density at radius 2 is 1.92 bits per heavy atom. The van der Waals surface area contributed by atoms with Crippen LogP contribution >= 0.6 is 0 Å². The molecule has 0 radical (unpaired) electrons. The first-order chi connectivity index (χ1) is 12.4. The first kappa shape index (κ1) is 19.3. The van der Waals surface area contributed by atoms with E-state index in [2.05, 4.69) is 5.32 Å². The van der Waals surface area contributed by atoms with Crippen LogP contribution < -0.4 is 5.32 Å². The average molecular weight is 380 g/mol. The van der Waals surface area contributed by atoms with Crippen molar-refractivity contribution in [1.29, 1.82) is 0 Å². The fraction of sp³-hybridized carbons (Fsp3) is 0.632. The summed E-state index contributed by atoms with van der Waals surface area (Å²) in [5, 5.41) is 3.29. The van der Waals surface area contributed by atoms with Gasteiger partial charge in [-0.25, -0.2) is 8.42 Å². The third-order valence-electron chi connectivity index (χ3n) is 5.61. The number of piperidine rings is 2. The first-order valence-corrected chi connectivity index (χ1v) is 10.9.